The Morgan fingerprint density at radius 3 is 1.00 bits per heavy atom. The standard InChI is InChI=1S/C20H43O4P.C16H35O4P.Nd/c1-3-5-7-9-11-13-15-17-19-23-25(21,22)24-20-18-16-14-12-10-8-6-4-2;1-5-9-11-15(7-3)13-19-21(17,18)20-14-16(8-4)12-10-6-2;/h3-20H2,1-2H3,(H,21,22);15-16H,5-14H2,1-4H3,(H,17,18);/p-2. The number of hydrogen-bond donors (Lipinski definition) is 0. The zero-order valence-electron chi connectivity index (χ0n) is 31.6. The maximum absolute atomic E-state index is 11.8. The summed E-state index contributed by atoms with van der Waals surface area (Å²) in [5.41, 5.74) is 0. The summed E-state index contributed by atoms with van der Waals surface area (Å²) in [4.78, 5) is 23.4. The topological polar surface area (TPSA) is 117 Å². The molecule has 0 spiro atoms. The Kier molecular flexibility index (Phi) is 43.7. The van der Waals surface area contributed by atoms with Crippen LogP contribution in [0.2, 0.25) is 0 Å². The van der Waals surface area contributed by atoms with Gasteiger partial charge in [0, 0.05) is 40.8 Å². The van der Waals surface area contributed by atoms with Crippen LogP contribution in [0.5, 0.6) is 0 Å². The molecule has 0 bridgehead atoms. The zero-order chi connectivity index (χ0) is 34.8. The van der Waals surface area contributed by atoms with Crippen molar-refractivity contribution >= 4 is 15.6 Å². The van der Waals surface area contributed by atoms with E-state index in [0.717, 1.165) is 89.9 Å². The van der Waals surface area contributed by atoms with Crippen LogP contribution in [-0.2, 0) is 27.2 Å². The third-order valence-electron chi connectivity index (χ3n) is 8.52. The van der Waals surface area contributed by atoms with Crippen LogP contribution in [0.1, 0.15) is 196 Å². The van der Waals surface area contributed by atoms with Crippen LogP contribution >= 0.6 is 15.6 Å². The largest absolute Gasteiger partial charge is 0.756 e. The molecule has 0 heterocycles. The molecule has 0 aromatic heterocycles. The minimum absolute atomic E-state index is 0. The molecule has 284 valence electrons. The normalized spacial score (nSPS) is 14.1. The summed E-state index contributed by atoms with van der Waals surface area (Å²) in [6, 6.07) is 0. The van der Waals surface area contributed by atoms with Crippen LogP contribution in [0.25, 0.3) is 0 Å². The summed E-state index contributed by atoms with van der Waals surface area (Å²) >= 11 is 0. The van der Waals surface area contributed by atoms with Crippen molar-refractivity contribution in [1.82, 2.24) is 0 Å². The first-order valence-corrected chi connectivity index (χ1v) is 22.2. The minimum Gasteiger partial charge on any atom is -0.756 e. The van der Waals surface area contributed by atoms with E-state index in [1.165, 1.54) is 64.2 Å². The fourth-order valence-electron chi connectivity index (χ4n) is 5.09. The first-order chi connectivity index (χ1) is 22.1. The molecule has 8 nitrogen and oxygen atoms in total. The number of rotatable bonds is 34. The fourth-order valence-corrected chi connectivity index (χ4v) is 6.73. The summed E-state index contributed by atoms with van der Waals surface area (Å²) in [6.07, 6.45) is 27.2. The van der Waals surface area contributed by atoms with Crippen LogP contribution in [0.3, 0.4) is 0 Å². The summed E-state index contributed by atoms with van der Waals surface area (Å²) in [5, 5.41) is 0. The Labute approximate surface area is 325 Å². The van der Waals surface area contributed by atoms with Crippen molar-refractivity contribution in [2.24, 2.45) is 11.8 Å². The first kappa shape index (κ1) is 52.9. The van der Waals surface area contributed by atoms with Crippen molar-refractivity contribution in [3.8, 4) is 0 Å². The molecule has 0 aliphatic rings. The van der Waals surface area contributed by atoms with E-state index in [1.807, 2.05) is 0 Å². The molecule has 0 saturated heterocycles. The van der Waals surface area contributed by atoms with E-state index in [2.05, 4.69) is 41.5 Å². The van der Waals surface area contributed by atoms with E-state index in [1.54, 1.807) is 0 Å². The van der Waals surface area contributed by atoms with Crippen LogP contribution in [0.15, 0.2) is 0 Å². The van der Waals surface area contributed by atoms with Gasteiger partial charge in [-0.3, -0.25) is 9.13 Å². The van der Waals surface area contributed by atoms with E-state index >= 15 is 0 Å². The van der Waals surface area contributed by atoms with Crippen LogP contribution in [0.4, 0.5) is 0 Å². The van der Waals surface area contributed by atoms with E-state index in [9.17, 15) is 18.9 Å². The van der Waals surface area contributed by atoms with E-state index in [4.69, 9.17) is 18.1 Å². The molecule has 2 unspecified atom stereocenters. The first-order valence-electron chi connectivity index (χ1n) is 19.3. The Morgan fingerprint density at radius 1 is 0.426 bits per heavy atom. The number of phosphoric ester groups is 2. The molecule has 0 aromatic carbocycles. The van der Waals surface area contributed by atoms with E-state index < -0.39 is 15.6 Å². The monoisotopic (exact) mass is 840 g/mol. The van der Waals surface area contributed by atoms with E-state index in [0.29, 0.717) is 11.8 Å². The van der Waals surface area contributed by atoms with Gasteiger partial charge >= 0.3 is 0 Å². The van der Waals surface area contributed by atoms with Crippen molar-refractivity contribution in [1.29, 1.82) is 0 Å². The average molecular weight is 843 g/mol. The Hall–Kier alpha value is 1.57. The van der Waals surface area contributed by atoms with Crippen LogP contribution in [-0.4, -0.2) is 26.4 Å². The molecule has 0 fully saturated rings. The van der Waals surface area contributed by atoms with Gasteiger partial charge in [0.25, 0.3) is 15.6 Å². The van der Waals surface area contributed by atoms with Gasteiger partial charge in [0.05, 0.1) is 26.4 Å². The Bertz CT molecular complexity index is 666. The maximum Gasteiger partial charge on any atom is 0.267 e. The van der Waals surface area contributed by atoms with Gasteiger partial charge in [0.15, 0.2) is 0 Å². The molecule has 0 aliphatic heterocycles. The van der Waals surface area contributed by atoms with Crippen molar-refractivity contribution in [3.63, 3.8) is 0 Å². The van der Waals surface area contributed by atoms with Crippen molar-refractivity contribution in [2.45, 2.75) is 196 Å². The molecule has 0 radical (unpaired) electrons. The van der Waals surface area contributed by atoms with Crippen molar-refractivity contribution in [2.75, 3.05) is 26.4 Å². The fraction of sp³-hybridized carbons (Fsp3) is 1.00. The average Bonchev–Trinajstić information content (AvgIpc) is 3.03. The molecule has 0 rings (SSSR count). The number of unbranched alkanes of at least 4 members (excludes halogenated alkanes) is 16. The van der Waals surface area contributed by atoms with Crippen molar-refractivity contribution in [3.05, 3.63) is 0 Å². The van der Waals surface area contributed by atoms with Crippen molar-refractivity contribution < 1.29 is 77.9 Å². The second-order valence-corrected chi connectivity index (χ2v) is 15.8. The van der Waals surface area contributed by atoms with Gasteiger partial charge in [0.2, 0.25) is 0 Å². The van der Waals surface area contributed by atoms with Gasteiger partial charge in [-0.25, -0.2) is 0 Å². The molecular formula is C36H76NdO8P2-2. The minimum atomic E-state index is -4.14. The second-order valence-electron chi connectivity index (χ2n) is 12.9. The molecule has 11 heteroatoms. The van der Waals surface area contributed by atoms with Gasteiger partial charge in [-0.2, -0.15) is 0 Å². The number of phosphoric acid groups is 2. The molecular weight excluding hydrogens is 767 g/mol. The predicted molar refractivity (Wildman–Crippen MR) is 191 cm³/mol. The summed E-state index contributed by atoms with van der Waals surface area (Å²) < 4.78 is 43.4. The third kappa shape index (κ3) is 40.2. The maximum atomic E-state index is 11.8. The molecule has 2 atom stereocenters. The van der Waals surface area contributed by atoms with Gasteiger partial charge in [-0.05, 0) is 37.5 Å². The summed E-state index contributed by atoms with van der Waals surface area (Å²) in [6.45, 7) is 13.9. The SMILES string of the molecule is CCCCC(CC)COP(=O)([O-])OCC(CC)CCCC.CCCCCCCCCCOP(=O)([O-])OCCCCCCCCCC.[Nd]. The van der Waals surface area contributed by atoms with Crippen LogP contribution < -0.4 is 9.79 Å². The summed E-state index contributed by atoms with van der Waals surface area (Å²) in [7, 11) is -8.22. The predicted octanol–water partition coefficient (Wildman–Crippen LogP) is 11.7. The third-order valence-corrected chi connectivity index (χ3v) is 10.4. The molecule has 0 aliphatic carbocycles. The molecule has 0 saturated carbocycles. The quantitative estimate of drug-likeness (QED) is 0.0464. The van der Waals surface area contributed by atoms with Gasteiger partial charge < -0.3 is 27.9 Å². The molecule has 0 aromatic rings. The second kappa shape index (κ2) is 38.8. The van der Waals surface area contributed by atoms with Gasteiger partial charge in [0.1, 0.15) is 0 Å². The van der Waals surface area contributed by atoms with Gasteiger partial charge in [-0.1, -0.05) is 170 Å². The summed E-state index contributed by atoms with van der Waals surface area (Å²) in [5.74, 6) is 0.607. The Morgan fingerprint density at radius 2 is 0.702 bits per heavy atom. The van der Waals surface area contributed by atoms with E-state index in [-0.39, 0.29) is 67.3 Å². The van der Waals surface area contributed by atoms with Gasteiger partial charge in [-0.15, -0.1) is 0 Å². The van der Waals surface area contributed by atoms with Crippen LogP contribution in [0, 0.1) is 52.7 Å². The zero-order valence-corrected chi connectivity index (χ0v) is 36.6. The molecule has 0 N–H and O–H groups in total. The smallest absolute Gasteiger partial charge is 0.267 e. The molecule has 0 amide bonds. The molecule has 47 heavy (non-hydrogen) atoms. The number of hydrogen-bond acceptors (Lipinski definition) is 8. The Balaban J connectivity index is -0.000000818.